The molecule has 0 spiro atoms. The second-order valence-corrected chi connectivity index (χ2v) is 6.11. The summed E-state index contributed by atoms with van der Waals surface area (Å²) in [7, 11) is 2.03. The number of nitrogens with one attached hydrogen (secondary N) is 1. The first-order valence-corrected chi connectivity index (χ1v) is 7.10. The highest BCUT2D eigenvalue weighted by Crippen LogP contribution is 2.62. The van der Waals surface area contributed by atoms with E-state index in [0.29, 0.717) is 11.1 Å². The van der Waals surface area contributed by atoms with Crippen molar-refractivity contribution in [3.63, 3.8) is 0 Å². The summed E-state index contributed by atoms with van der Waals surface area (Å²) >= 11 is 12.3. The van der Waals surface area contributed by atoms with Crippen LogP contribution in [-0.4, -0.2) is 7.05 Å². The largest absolute Gasteiger partial charge is 0.313 e. The SMILES string of the molecule is CNC(c1ccc(Cl)cc1Cl)C1C2CCCC21. The Balaban J connectivity index is 1.85. The third kappa shape index (κ3) is 1.99. The van der Waals surface area contributed by atoms with E-state index in [2.05, 4.69) is 11.4 Å². The molecule has 2 saturated carbocycles. The Labute approximate surface area is 112 Å². The van der Waals surface area contributed by atoms with Gasteiger partial charge in [-0.15, -0.1) is 0 Å². The van der Waals surface area contributed by atoms with Crippen molar-refractivity contribution >= 4 is 23.2 Å². The van der Waals surface area contributed by atoms with Gasteiger partial charge in [0, 0.05) is 16.1 Å². The normalized spacial score (nSPS) is 32.3. The third-order valence-electron chi connectivity index (χ3n) is 4.47. The van der Waals surface area contributed by atoms with Gasteiger partial charge in [-0.1, -0.05) is 35.7 Å². The molecule has 92 valence electrons. The predicted molar refractivity (Wildman–Crippen MR) is 72.6 cm³/mol. The van der Waals surface area contributed by atoms with Gasteiger partial charge >= 0.3 is 0 Å². The molecular weight excluding hydrogens is 253 g/mol. The molecule has 2 aliphatic rings. The Morgan fingerprint density at radius 1 is 1.24 bits per heavy atom. The van der Waals surface area contributed by atoms with E-state index in [1.807, 2.05) is 19.2 Å². The molecule has 1 nitrogen and oxygen atoms in total. The van der Waals surface area contributed by atoms with Crippen molar-refractivity contribution in [1.29, 1.82) is 0 Å². The van der Waals surface area contributed by atoms with Crippen molar-refractivity contribution in [3.8, 4) is 0 Å². The number of hydrogen-bond donors (Lipinski definition) is 1. The van der Waals surface area contributed by atoms with Crippen molar-refractivity contribution < 1.29 is 0 Å². The molecule has 0 radical (unpaired) electrons. The maximum Gasteiger partial charge on any atom is 0.0468 e. The van der Waals surface area contributed by atoms with Crippen molar-refractivity contribution in [2.75, 3.05) is 7.05 Å². The average Bonchev–Trinajstić information content (AvgIpc) is 2.77. The molecule has 17 heavy (non-hydrogen) atoms. The Kier molecular flexibility index (Phi) is 3.10. The lowest BCUT2D eigenvalue weighted by atomic mass is 9.97. The van der Waals surface area contributed by atoms with E-state index >= 15 is 0 Å². The first-order valence-electron chi connectivity index (χ1n) is 6.34. The summed E-state index contributed by atoms with van der Waals surface area (Å²) < 4.78 is 0. The van der Waals surface area contributed by atoms with Crippen LogP contribution >= 0.6 is 23.2 Å². The van der Waals surface area contributed by atoms with Gasteiger partial charge in [0.05, 0.1) is 0 Å². The van der Waals surface area contributed by atoms with E-state index in [4.69, 9.17) is 23.2 Å². The molecule has 2 aliphatic carbocycles. The lowest BCUT2D eigenvalue weighted by Gasteiger charge is -2.20. The predicted octanol–water partition coefficient (Wildman–Crippen LogP) is 4.30. The van der Waals surface area contributed by atoms with Gasteiger partial charge in [0.1, 0.15) is 0 Å². The molecule has 2 fully saturated rings. The summed E-state index contributed by atoms with van der Waals surface area (Å²) in [6, 6.07) is 6.25. The smallest absolute Gasteiger partial charge is 0.0468 e. The number of halogens is 2. The molecule has 3 unspecified atom stereocenters. The fourth-order valence-electron chi connectivity index (χ4n) is 3.68. The van der Waals surface area contributed by atoms with Crippen molar-refractivity contribution in [2.45, 2.75) is 25.3 Å². The zero-order chi connectivity index (χ0) is 12.0. The molecule has 0 heterocycles. The lowest BCUT2D eigenvalue weighted by molar-refractivity contribution is 0.445. The van der Waals surface area contributed by atoms with Crippen LogP contribution in [0.15, 0.2) is 18.2 Å². The highest BCUT2D eigenvalue weighted by Gasteiger charge is 2.55. The number of rotatable bonds is 3. The summed E-state index contributed by atoms with van der Waals surface area (Å²) in [6.45, 7) is 0. The van der Waals surface area contributed by atoms with Gasteiger partial charge in [0.15, 0.2) is 0 Å². The summed E-state index contributed by atoms with van der Waals surface area (Å²) in [5, 5.41) is 4.95. The van der Waals surface area contributed by atoms with Crippen LogP contribution in [0.3, 0.4) is 0 Å². The molecule has 0 bridgehead atoms. The van der Waals surface area contributed by atoms with Crippen molar-refractivity contribution in [1.82, 2.24) is 5.32 Å². The quantitative estimate of drug-likeness (QED) is 0.863. The molecule has 3 rings (SSSR count). The van der Waals surface area contributed by atoms with Crippen molar-refractivity contribution in [3.05, 3.63) is 33.8 Å². The van der Waals surface area contributed by atoms with Crippen LogP contribution in [-0.2, 0) is 0 Å². The van der Waals surface area contributed by atoms with Gasteiger partial charge in [0.2, 0.25) is 0 Å². The maximum atomic E-state index is 6.31. The fraction of sp³-hybridized carbons (Fsp3) is 0.571. The Bertz CT molecular complexity index is 422. The van der Waals surface area contributed by atoms with Crippen LogP contribution in [0.5, 0.6) is 0 Å². The molecule has 1 aromatic carbocycles. The first kappa shape index (κ1) is 11.8. The maximum absolute atomic E-state index is 6.31. The minimum atomic E-state index is 0.398. The third-order valence-corrected chi connectivity index (χ3v) is 5.03. The van der Waals surface area contributed by atoms with Crippen LogP contribution in [0.4, 0.5) is 0 Å². The number of fused-ring (bicyclic) bond motifs is 1. The second kappa shape index (κ2) is 4.46. The zero-order valence-electron chi connectivity index (χ0n) is 9.92. The van der Waals surface area contributed by atoms with E-state index in [1.54, 1.807) is 0 Å². The topological polar surface area (TPSA) is 12.0 Å². The standard InChI is InChI=1S/C14H17Cl2N/c1-17-14(13-9-3-2-4-10(9)13)11-6-5-8(15)7-12(11)16/h5-7,9-10,13-14,17H,2-4H2,1H3. The highest BCUT2D eigenvalue weighted by molar-refractivity contribution is 6.35. The summed E-state index contributed by atoms with van der Waals surface area (Å²) in [5.74, 6) is 2.64. The fourth-order valence-corrected chi connectivity index (χ4v) is 4.21. The van der Waals surface area contributed by atoms with Crippen LogP contribution < -0.4 is 5.32 Å². The molecule has 1 aromatic rings. The minimum Gasteiger partial charge on any atom is -0.313 e. The minimum absolute atomic E-state index is 0.398. The lowest BCUT2D eigenvalue weighted by Crippen LogP contribution is -2.21. The van der Waals surface area contributed by atoms with E-state index in [9.17, 15) is 0 Å². The molecule has 3 atom stereocenters. The second-order valence-electron chi connectivity index (χ2n) is 5.27. The summed E-state index contributed by atoms with van der Waals surface area (Å²) in [4.78, 5) is 0. The monoisotopic (exact) mass is 269 g/mol. The highest BCUT2D eigenvalue weighted by atomic mass is 35.5. The average molecular weight is 270 g/mol. The molecule has 0 saturated heterocycles. The first-order chi connectivity index (χ1) is 8.22. The van der Waals surface area contributed by atoms with Gasteiger partial charge in [-0.2, -0.15) is 0 Å². The van der Waals surface area contributed by atoms with Gasteiger partial charge in [-0.05, 0) is 55.3 Å². The van der Waals surface area contributed by atoms with Crippen LogP contribution in [0.25, 0.3) is 0 Å². The van der Waals surface area contributed by atoms with E-state index in [1.165, 1.54) is 24.8 Å². The summed E-state index contributed by atoms with van der Waals surface area (Å²) in [5.41, 5.74) is 1.21. The Hall–Kier alpha value is -0.240. The van der Waals surface area contributed by atoms with Crippen molar-refractivity contribution in [2.24, 2.45) is 17.8 Å². The summed E-state index contributed by atoms with van der Waals surface area (Å²) in [6.07, 6.45) is 4.22. The van der Waals surface area contributed by atoms with Gasteiger partial charge in [-0.3, -0.25) is 0 Å². The molecule has 0 aromatic heterocycles. The number of hydrogen-bond acceptors (Lipinski definition) is 1. The van der Waals surface area contributed by atoms with E-state index in [-0.39, 0.29) is 0 Å². The van der Waals surface area contributed by atoms with E-state index in [0.717, 1.165) is 22.8 Å². The van der Waals surface area contributed by atoms with Crippen LogP contribution in [0, 0.1) is 17.8 Å². The molecule has 0 amide bonds. The molecule has 1 N–H and O–H groups in total. The molecule has 3 heteroatoms. The van der Waals surface area contributed by atoms with Gasteiger partial charge in [-0.25, -0.2) is 0 Å². The van der Waals surface area contributed by atoms with E-state index < -0.39 is 0 Å². The molecular formula is C14H17Cl2N. The van der Waals surface area contributed by atoms with Gasteiger partial charge in [0.25, 0.3) is 0 Å². The van der Waals surface area contributed by atoms with Crippen LogP contribution in [0.1, 0.15) is 30.9 Å². The number of benzene rings is 1. The molecule has 0 aliphatic heterocycles. The zero-order valence-corrected chi connectivity index (χ0v) is 11.4. The van der Waals surface area contributed by atoms with Crippen LogP contribution in [0.2, 0.25) is 10.0 Å². The Morgan fingerprint density at radius 3 is 2.53 bits per heavy atom. The van der Waals surface area contributed by atoms with Gasteiger partial charge < -0.3 is 5.32 Å². The Morgan fingerprint density at radius 2 is 1.94 bits per heavy atom.